The summed E-state index contributed by atoms with van der Waals surface area (Å²) in [6.07, 6.45) is 2.69. The second kappa shape index (κ2) is 6.76. The van der Waals surface area contributed by atoms with Crippen molar-refractivity contribution in [2.75, 3.05) is 12.8 Å². The van der Waals surface area contributed by atoms with Crippen LogP contribution in [0.5, 0.6) is 0 Å². The monoisotopic (exact) mass is 350 g/mol. The van der Waals surface area contributed by atoms with Crippen molar-refractivity contribution in [3.63, 3.8) is 0 Å². The van der Waals surface area contributed by atoms with Crippen molar-refractivity contribution < 1.29 is 9.32 Å². The van der Waals surface area contributed by atoms with Crippen LogP contribution in [-0.2, 0) is 13.0 Å². The van der Waals surface area contributed by atoms with E-state index in [1.165, 1.54) is 0 Å². The largest absolute Gasteiger partial charge is 0.360 e. The first-order chi connectivity index (χ1) is 12.3. The summed E-state index contributed by atoms with van der Waals surface area (Å²) in [4.78, 5) is 15.9. The molecule has 0 aliphatic carbocycles. The topological polar surface area (TPSA) is 46.3 Å². The van der Waals surface area contributed by atoms with E-state index in [2.05, 4.69) is 5.16 Å². The Hall–Kier alpha value is -2.53. The maximum Gasteiger partial charge on any atom is 0.255 e. The number of thioether (sulfide) groups is 1. The lowest BCUT2D eigenvalue weighted by molar-refractivity contribution is 0.0725. The molecule has 0 bridgehead atoms. The molecule has 0 atom stereocenters. The molecule has 4 nitrogen and oxygen atoms in total. The first kappa shape index (κ1) is 16.0. The van der Waals surface area contributed by atoms with E-state index in [4.69, 9.17) is 4.52 Å². The number of benzene rings is 2. The lowest BCUT2D eigenvalue weighted by Crippen LogP contribution is -2.36. The van der Waals surface area contributed by atoms with Gasteiger partial charge in [-0.2, -0.15) is 0 Å². The minimum atomic E-state index is 0.0656. The van der Waals surface area contributed by atoms with Crippen molar-refractivity contribution in [3.05, 3.63) is 71.5 Å². The minimum Gasteiger partial charge on any atom is -0.360 e. The zero-order chi connectivity index (χ0) is 17.2. The Labute approximate surface area is 150 Å². The smallest absolute Gasteiger partial charge is 0.255 e. The molecule has 3 aromatic rings. The van der Waals surface area contributed by atoms with E-state index < -0.39 is 0 Å². The van der Waals surface area contributed by atoms with Crippen molar-refractivity contribution >= 4 is 17.7 Å². The third-order valence-corrected chi connectivity index (χ3v) is 5.29. The van der Waals surface area contributed by atoms with Crippen LogP contribution in [0.3, 0.4) is 0 Å². The zero-order valence-electron chi connectivity index (χ0n) is 13.9. The highest BCUT2D eigenvalue weighted by Crippen LogP contribution is 2.31. The molecule has 25 heavy (non-hydrogen) atoms. The van der Waals surface area contributed by atoms with Gasteiger partial charge in [0.05, 0.1) is 12.1 Å². The molecule has 0 fully saturated rings. The minimum absolute atomic E-state index is 0.0656. The summed E-state index contributed by atoms with van der Waals surface area (Å²) >= 11 is 1.60. The number of carbonyl (C=O) groups excluding carboxylic acids is 1. The van der Waals surface area contributed by atoms with Crippen LogP contribution in [0.1, 0.15) is 21.7 Å². The molecule has 0 N–H and O–H groups in total. The predicted octanol–water partition coefficient (Wildman–Crippen LogP) is 4.26. The molecule has 1 aliphatic rings. The van der Waals surface area contributed by atoms with Crippen LogP contribution in [0.2, 0.25) is 0 Å². The lowest BCUT2D eigenvalue weighted by Gasteiger charge is -2.27. The number of amides is 1. The molecule has 1 amide bonds. The van der Waals surface area contributed by atoms with E-state index >= 15 is 0 Å². The fourth-order valence-electron chi connectivity index (χ4n) is 3.20. The summed E-state index contributed by atoms with van der Waals surface area (Å²) in [5.41, 5.74) is 3.64. The van der Waals surface area contributed by atoms with Crippen LogP contribution in [0.25, 0.3) is 11.3 Å². The van der Waals surface area contributed by atoms with Gasteiger partial charge in [0.1, 0.15) is 11.5 Å². The van der Waals surface area contributed by atoms with Crippen molar-refractivity contribution in [2.24, 2.45) is 0 Å². The third-order valence-electron chi connectivity index (χ3n) is 4.50. The molecule has 0 saturated heterocycles. The number of rotatable bonds is 3. The van der Waals surface area contributed by atoms with Gasteiger partial charge in [-0.15, -0.1) is 11.8 Å². The van der Waals surface area contributed by atoms with Gasteiger partial charge < -0.3 is 9.42 Å². The first-order valence-electron chi connectivity index (χ1n) is 8.23. The molecule has 126 valence electrons. The Morgan fingerprint density at radius 1 is 1.12 bits per heavy atom. The summed E-state index contributed by atoms with van der Waals surface area (Å²) in [6.45, 7) is 1.18. The highest BCUT2D eigenvalue weighted by molar-refractivity contribution is 7.98. The molecular formula is C20H18N2O2S. The molecule has 0 radical (unpaired) electrons. The van der Waals surface area contributed by atoms with Crippen molar-refractivity contribution in [1.29, 1.82) is 0 Å². The van der Waals surface area contributed by atoms with Gasteiger partial charge in [-0.3, -0.25) is 4.79 Å². The van der Waals surface area contributed by atoms with Gasteiger partial charge >= 0.3 is 0 Å². The fraction of sp³-hybridized carbons (Fsp3) is 0.200. The van der Waals surface area contributed by atoms with Gasteiger partial charge in [-0.1, -0.05) is 47.6 Å². The highest BCUT2D eigenvalue weighted by Gasteiger charge is 2.28. The van der Waals surface area contributed by atoms with Gasteiger partial charge in [-0.05, 0) is 18.4 Å². The summed E-state index contributed by atoms with van der Waals surface area (Å²) in [7, 11) is 0. The summed E-state index contributed by atoms with van der Waals surface area (Å²) < 4.78 is 5.53. The Morgan fingerprint density at radius 3 is 2.68 bits per heavy atom. The van der Waals surface area contributed by atoms with Crippen molar-refractivity contribution in [1.82, 2.24) is 10.1 Å². The second-order valence-corrected chi connectivity index (χ2v) is 6.82. The number of carbonyl (C=O) groups is 1. The number of fused-ring (bicyclic) bond motifs is 1. The van der Waals surface area contributed by atoms with Gasteiger partial charge in [0, 0.05) is 29.0 Å². The molecule has 2 heterocycles. The number of hydrogen-bond acceptors (Lipinski definition) is 4. The number of aromatic nitrogens is 1. The first-order valence-corrected chi connectivity index (χ1v) is 9.45. The Morgan fingerprint density at radius 2 is 1.88 bits per heavy atom. The van der Waals surface area contributed by atoms with Gasteiger partial charge in [0.2, 0.25) is 0 Å². The van der Waals surface area contributed by atoms with E-state index in [1.54, 1.807) is 11.8 Å². The molecule has 0 saturated carbocycles. The zero-order valence-corrected chi connectivity index (χ0v) is 14.8. The Kier molecular flexibility index (Phi) is 4.32. The van der Waals surface area contributed by atoms with Crippen LogP contribution in [0.4, 0.5) is 0 Å². The normalized spacial score (nSPS) is 13.6. The van der Waals surface area contributed by atoms with E-state index in [0.29, 0.717) is 19.5 Å². The van der Waals surface area contributed by atoms with Crippen LogP contribution >= 0.6 is 11.8 Å². The number of nitrogens with zero attached hydrogens (tertiary/aromatic N) is 2. The second-order valence-electron chi connectivity index (χ2n) is 5.98. The standard InChI is InChI=1S/C20H18N2O2S/c1-25-18-10-6-5-9-15(18)20(23)22-12-11-17-16(13-22)19(21-24-17)14-7-3-2-4-8-14/h2-10H,11-13H2,1H3. The summed E-state index contributed by atoms with van der Waals surface area (Å²) in [5, 5.41) is 4.25. The number of hydrogen-bond donors (Lipinski definition) is 0. The average molecular weight is 350 g/mol. The molecule has 5 heteroatoms. The quantitative estimate of drug-likeness (QED) is 0.662. The van der Waals surface area contributed by atoms with Crippen molar-refractivity contribution in [3.8, 4) is 11.3 Å². The molecule has 1 aliphatic heterocycles. The van der Waals surface area contributed by atoms with E-state index in [0.717, 1.165) is 33.0 Å². The van der Waals surface area contributed by atoms with Crippen LogP contribution in [0, 0.1) is 0 Å². The predicted molar refractivity (Wildman–Crippen MR) is 98.6 cm³/mol. The van der Waals surface area contributed by atoms with Gasteiger partial charge in [-0.25, -0.2) is 0 Å². The highest BCUT2D eigenvalue weighted by atomic mass is 32.2. The fourth-order valence-corrected chi connectivity index (χ4v) is 3.79. The van der Waals surface area contributed by atoms with Gasteiger partial charge in [0.25, 0.3) is 5.91 Å². The van der Waals surface area contributed by atoms with Crippen LogP contribution in [0.15, 0.2) is 64.0 Å². The summed E-state index contributed by atoms with van der Waals surface area (Å²) in [5.74, 6) is 0.955. The third kappa shape index (κ3) is 2.96. The van der Waals surface area contributed by atoms with Crippen LogP contribution < -0.4 is 0 Å². The molecule has 0 spiro atoms. The maximum absolute atomic E-state index is 13.0. The molecule has 2 aromatic carbocycles. The molecular weight excluding hydrogens is 332 g/mol. The molecule has 1 aromatic heterocycles. The SMILES string of the molecule is CSc1ccccc1C(=O)N1CCc2onc(-c3ccccc3)c2C1. The maximum atomic E-state index is 13.0. The lowest BCUT2D eigenvalue weighted by atomic mass is 10.0. The Balaban J connectivity index is 1.65. The molecule has 4 rings (SSSR count). The van der Waals surface area contributed by atoms with Crippen molar-refractivity contribution in [2.45, 2.75) is 17.9 Å². The average Bonchev–Trinajstić information content (AvgIpc) is 3.11. The van der Waals surface area contributed by atoms with E-state index in [9.17, 15) is 4.79 Å². The van der Waals surface area contributed by atoms with Gasteiger partial charge in [0.15, 0.2) is 0 Å². The van der Waals surface area contributed by atoms with E-state index in [1.807, 2.05) is 65.8 Å². The molecule has 0 unspecified atom stereocenters. The van der Waals surface area contributed by atoms with E-state index in [-0.39, 0.29) is 5.91 Å². The van der Waals surface area contributed by atoms with Crippen LogP contribution in [-0.4, -0.2) is 28.8 Å². The Bertz CT molecular complexity index is 905. The summed E-state index contributed by atoms with van der Waals surface area (Å²) in [6, 6.07) is 17.7.